The maximum Gasteiger partial charge on any atom is 0.338 e. The quantitative estimate of drug-likeness (QED) is 0.613. The van der Waals surface area contributed by atoms with Gasteiger partial charge in [0.15, 0.2) is 0 Å². The Balaban J connectivity index is 1.66. The molecule has 3 aromatic carbocycles. The zero-order valence-electron chi connectivity index (χ0n) is 15.9. The Labute approximate surface area is 166 Å². The van der Waals surface area contributed by atoms with Crippen LogP contribution < -0.4 is 15.6 Å². The van der Waals surface area contributed by atoms with Crippen molar-refractivity contribution in [1.29, 1.82) is 0 Å². The monoisotopic (exact) mass is 408 g/mol. The Kier molecular flexibility index (Phi) is 5.53. The van der Waals surface area contributed by atoms with Crippen LogP contribution in [-0.2, 0) is 12.3 Å². The Morgan fingerprint density at radius 3 is 0.852 bits per heavy atom. The zero-order valence-corrected chi connectivity index (χ0v) is 19.3. The molecule has 3 aromatic rings. The lowest BCUT2D eigenvalue weighted by Crippen LogP contribution is -2.61. The van der Waals surface area contributed by atoms with Gasteiger partial charge in [-0.3, -0.25) is 0 Å². The van der Waals surface area contributed by atoms with Crippen molar-refractivity contribution in [3.05, 3.63) is 89.5 Å². The first-order valence-corrected chi connectivity index (χ1v) is 13.8. The average molecular weight is 409 g/mol. The maximum absolute atomic E-state index is 6.48. The second-order valence-corrected chi connectivity index (χ2v) is 14.4. The van der Waals surface area contributed by atoms with Gasteiger partial charge in [0.2, 0.25) is 0 Å². The largest absolute Gasteiger partial charge is 0.413 e. The minimum absolute atomic E-state index is 1.19. The van der Waals surface area contributed by atoms with Crippen molar-refractivity contribution in [3.8, 4) is 0 Å². The van der Waals surface area contributed by atoms with Gasteiger partial charge in [0.05, 0.1) is 0 Å². The fourth-order valence-corrected chi connectivity index (χ4v) is 13.6. The second kappa shape index (κ2) is 8.05. The lowest BCUT2D eigenvalue weighted by molar-refractivity contribution is 0.308. The molecule has 0 N–H and O–H groups in total. The Morgan fingerprint density at radius 1 is 0.407 bits per heavy atom. The van der Waals surface area contributed by atoms with Gasteiger partial charge in [0.25, 0.3) is 0 Å². The highest BCUT2D eigenvalue weighted by atomic mass is 28.5. The lowest BCUT2D eigenvalue weighted by Gasteiger charge is -2.35. The Morgan fingerprint density at radius 2 is 0.630 bits per heavy atom. The van der Waals surface area contributed by atoms with Crippen LogP contribution in [0.5, 0.6) is 0 Å². The summed E-state index contributed by atoms with van der Waals surface area (Å²) in [6, 6.07) is 25.7. The van der Waals surface area contributed by atoms with Crippen molar-refractivity contribution in [2.75, 3.05) is 0 Å². The van der Waals surface area contributed by atoms with Gasteiger partial charge in [-0.25, -0.2) is 0 Å². The summed E-state index contributed by atoms with van der Waals surface area (Å²) in [7, 11) is -5.96. The number of aryl methyl sites for hydroxylation is 3. The third kappa shape index (κ3) is 4.37. The Bertz CT molecular complexity index is 767. The highest BCUT2D eigenvalue weighted by Gasteiger charge is 2.37. The predicted octanol–water partition coefficient (Wildman–Crippen LogP) is 1.36. The van der Waals surface area contributed by atoms with E-state index in [2.05, 4.69) is 93.6 Å². The molecule has 0 unspecified atom stereocenters. The zero-order chi connectivity index (χ0) is 18.8. The van der Waals surface area contributed by atoms with Crippen LogP contribution in [0.3, 0.4) is 0 Å². The first-order chi connectivity index (χ1) is 13.1. The molecule has 1 aliphatic heterocycles. The number of hydrogen-bond donors (Lipinski definition) is 0. The molecule has 4 rings (SSSR count). The van der Waals surface area contributed by atoms with Gasteiger partial charge in [0, 0.05) is 0 Å². The number of benzene rings is 3. The molecule has 1 saturated heterocycles. The molecule has 6 heteroatoms. The van der Waals surface area contributed by atoms with Gasteiger partial charge in [0.1, 0.15) is 0 Å². The molecule has 0 spiro atoms. The van der Waals surface area contributed by atoms with E-state index in [0.717, 1.165) is 0 Å². The van der Waals surface area contributed by atoms with Crippen molar-refractivity contribution in [3.63, 3.8) is 0 Å². The molecule has 0 radical (unpaired) electrons. The third-order valence-corrected chi connectivity index (χ3v) is 13.5. The van der Waals surface area contributed by atoms with Crippen LogP contribution in [0.2, 0.25) is 0 Å². The predicted molar refractivity (Wildman–Crippen MR) is 117 cm³/mol. The Hall–Kier alpha value is -1.81. The molecule has 138 valence electrons. The van der Waals surface area contributed by atoms with E-state index >= 15 is 0 Å². The number of hydrogen-bond acceptors (Lipinski definition) is 3. The molecule has 0 saturated carbocycles. The third-order valence-electron chi connectivity index (χ3n) is 4.79. The molecular formula is C21H24O3Si3. The van der Waals surface area contributed by atoms with Crippen LogP contribution in [0.1, 0.15) is 16.7 Å². The summed E-state index contributed by atoms with van der Waals surface area (Å²) in [6.07, 6.45) is 0. The first kappa shape index (κ1) is 18.5. The van der Waals surface area contributed by atoms with Gasteiger partial charge >= 0.3 is 27.9 Å². The van der Waals surface area contributed by atoms with E-state index in [1.165, 1.54) is 32.3 Å². The van der Waals surface area contributed by atoms with Gasteiger partial charge in [-0.1, -0.05) is 89.5 Å². The van der Waals surface area contributed by atoms with Gasteiger partial charge in [-0.05, 0) is 36.3 Å². The van der Waals surface area contributed by atoms with Crippen molar-refractivity contribution in [1.82, 2.24) is 0 Å². The van der Waals surface area contributed by atoms with E-state index in [4.69, 9.17) is 12.3 Å². The van der Waals surface area contributed by atoms with Crippen molar-refractivity contribution < 1.29 is 12.3 Å². The van der Waals surface area contributed by atoms with Crippen molar-refractivity contribution in [2.45, 2.75) is 20.8 Å². The maximum atomic E-state index is 6.48. The summed E-state index contributed by atoms with van der Waals surface area (Å²) >= 11 is 0. The highest BCUT2D eigenvalue weighted by molar-refractivity contribution is 6.87. The van der Waals surface area contributed by atoms with Gasteiger partial charge in [-0.2, -0.15) is 0 Å². The molecule has 0 atom stereocenters. The van der Waals surface area contributed by atoms with E-state index < -0.39 is 27.9 Å². The lowest BCUT2D eigenvalue weighted by atomic mass is 10.2. The van der Waals surface area contributed by atoms with Crippen molar-refractivity contribution >= 4 is 43.4 Å². The van der Waals surface area contributed by atoms with E-state index in [1.807, 2.05) is 0 Å². The van der Waals surface area contributed by atoms with Crippen LogP contribution in [0.15, 0.2) is 72.8 Å². The van der Waals surface area contributed by atoms with E-state index in [0.29, 0.717) is 0 Å². The van der Waals surface area contributed by atoms with Gasteiger partial charge < -0.3 is 12.3 Å². The summed E-state index contributed by atoms with van der Waals surface area (Å²) in [4.78, 5) is 0. The van der Waals surface area contributed by atoms with Crippen molar-refractivity contribution in [2.24, 2.45) is 0 Å². The minimum Gasteiger partial charge on any atom is -0.413 e. The average Bonchev–Trinajstić information content (AvgIpc) is 2.69. The van der Waals surface area contributed by atoms with Crippen LogP contribution in [-0.4, -0.2) is 27.9 Å². The summed E-state index contributed by atoms with van der Waals surface area (Å²) in [5.41, 5.74) is 3.75. The van der Waals surface area contributed by atoms with Gasteiger partial charge in [-0.15, -0.1) is 0 Å². The molecule has 3 nitrogen and oxygen atoms in total. The fourth-order valence-electron chi connectivity index (χ4n) is 3.08. The van der Waals surface area contributed by atoms with Crippen LogP contribution >= 0.6 is 0 Å². The standard InChI is InChI=1S/C21H24O3Si3/c1-16-4-10-19(11-5-16)25-22-26(20-12-6-17(2)7-13-20)24-27(23-25)21-14-8-18(3)9-15-21/h4-15,25-27H,1-3H3. The molecule has 0 bridgehead atoms. The minimum atomic E-state index is -1.99. The molecule has 0 aromatic heterocycles. The second-order valence-electron chi connectivity index (χ2n) is 7.14. The molecule has 27 heavy (non-hydrogen) atoms. The number of rotatable bonds is 3. The SMILES string of the molecule is Cc1ccc([SiH]2O[SiH](c3ccc(C)cc3)O[SiH](c3ccc(C)cc3)O2)cc1. The summed E-state index contributed by atoms with van der Waals surface area (Å²) in [6.45, 7) is 6.31. The highest BCUT2D eigenvalue weighted by Crippen LogP contribution is 2.11. The molecule has 1 fully saturated rings. The molecular weight excluding hydrogens is 384 g/mol. The van der Waals surface area contributed by atoms with Crippen LogP contribution in [0.25, 0.3) is 0 Å². The normalized spacial score (nSPS) is 22.6. The summed E-state index contributed by atoms with van der Waals surface area (Å²) in [5, 5.41) is 3.58. The molecule has 1 heterocycles. The van der Waals surface area contributed by atoms with Crippen LogP contribution in [0, 0.1) is 20.8 Å². The summed E-state index contributed by atoms with van der Waals surface area (Å²) < 4.78 is 19.4. The first-order valence-electron chi connectivity index (χ1n) is 9.24. The summed E-state index contributed by atoms with van der Waals surface area (Å²) in [5.74, 6) is 0. The fraction of sp³-hybridized carbons (Fsp3) is 0.143. The van der Waals surface area contributed by atoms with Crippen LogP contribution in [0.4, 0.5) is 0 Å². The van der Waals surface area contributed by atoms with E-state index in [9.17, 15) is 0 Å². The smallest absolute Gasteiger partial charge is 0.338 e. The molecule has 0 amide bonds. The van der Waals surface area contributed by atoms with E-state index in [1.54, 1.807) is 0 Å². The van der Waals surface area contributed by atoms with E-state index in [-0.39, 0.29) is 0 Å². The molecule has 1 aliphatic rings. The molecule has 0 aliphatic carbocycles. The topological polar surface area (TPSA) is 27.7 Å².